The highest BCUT2D eigenvalue weighted by Gasteiger charge is 2.44. The molecule has 0 spiro atoms. The molecule has 0 aromatic heterocycles. The summed E-state index contributed by atoms with van der Waals surface area (Å²) >= 11 is 0. The molecule has 15 heavy (non-hydrogen) atoms. The lowest BCUT2D eigenvalue weighted by Gasteiger charge is -2.26. The van der Waals surface area contributed by atoms with Crippen molar-refractivity contribution in [1.82, 2.24) is 0 Å². The second-order valence-corrected chi connectivity index (χ2v) is 9.37. The maximum absolute atomic E-state index is 9.29. The Morgan fingerprint density at radius 3 is 2.80 bits per heavy atom. The first kappa shape index (κ1) is 11.6. The number of rotatable bonds is 5. The fourth-order valence-electron chi connectivity index (χ4n) is 2.50. The lowest BCUT2D eigenvalue weighted by molar-refractivity contribution is 0.293. The van der Waals surface area contributed by atoms with Crippen LogP contribution in [0.4, 0.5) is 0 Å². The highest BCUT2D eigenvalue weighted by Crippen LogP contribution is 2.41. The Morgan fingerprint density at radius 2 is 2.20 bits per heavy atom. The van der Waals surface area contributed by atoms with Crippen molar-refractivity contribution < 1.29 is 14.3 Å². The lowest BCUT2D eigenvalue weighted by atomic mass is 9.88. The van der Waals surface area contributed by atoms with E-state index in [2.05, 4.69) is 6.55 Å². The summed E-state index contributed by atoms with van der Waals surface area (Å²) in [4.78, 5) is 0. The molecular weight excluding hydrogens is 208 g/mol. The molecule has 1 heterocycles. The molecule has 1 aliphatic carbocycles. The summed E-state index contributed by atoms with van der Waals surface area (Å²) in [5.41, 5.74) is 0. The van der Waals surface area contributed by atoms with Crippen LogP contribution in [0.15, 0.2) is 0 Å². The molecule has 1 N–H and O–H groups in total. The van der Waals surface area contributed by atoms with Gasteiger partial charge in [0.15, 0.2) is 0 Å². The van der Waals surface area contributed by atoms with E-state index in [0.717, 1.165) is 12.0 Å². The van der Waals surface area contributed by atoms with Crippen LogP contribution in [0.3, 0.4) is 0 Å². The highest BCUT2D eigenvalue weighted by molar-refractivity contribution is 6.72. The van der Waals surface area contributed by atoms with Crippen LogP contribution in [0.25, 0.3) is 0 Å². The molecule has 1 saturated heterocycles. The van der Waals surface area contributed by atoms with E-state index in [1.54, 1.807) is 7.11 Å². The minimum atomic E-state index is -1.77. The summed E-state index contributed by atoms with van der Waals surface area (Å²) in [5, 5.41) is 9.29. The minimum Gasteiger partial charge on any atom is -0.418 e. The van der Waals surface area contributed by atoms with E-state index >= 15 is 0 Å². The van der Waals surface area contributed by atoms with Gasteiger partial charge >= 0.3 is 0 Å². The van der Waals surface area contributed by atoms with Crippen molar-refractivity contribution in [3.05, 3.63) is 0 Å². The van der Waals surface area contributed by atoms with Crippen molar-refractivity contribution in [2.75, 3.05) is 13.3 Å². The molecule has 0 aromatic carbocycles. The molecule has 3 nitrogen and oxygen atoms in total. The third kappa shape index (κ3) is 2.81. The van der Waals surface area contributed by atoms with Crippen molar-refractivity contribution in [2.24, 2.45) is 5.92 Å². The molecule has 0 bridgehead atoms. The summed E-state index contributed by atoms with van der Waals surface area (Å²) in [6.07, 6.45) is 6.44. The monoisotopic (exact) mass is 230 g/mol. The molecule has 1 saturated carbocycles. The van der Waals surface area contributed by atoms with E-state index in [1.807, 2.05) is 0 Å². The largest absolute Gasteiger partial charge is 0.418 e. The molecule has 0 amide bonds. The van der Waals surface area contributed by atoms with Gasteiger partial charge in [-0.2, -0.15) is 0 Å². The Morgan fingerprint density at radius 1 is 1.40 bits per heavy atom. The molecule has 88 valence electrons. The number of fused-ring (bicyclic) bond motifs is 1. The van der Waals surface area contributed by atoms with Crippen LogP contribution in [-0.4, -0.2) is 39.0 Å². The van der Waals surface area contributed by atoms with Gasteiger partial charge in [0.25, 0.3) is 0 Å². The van der Waals surface area contributed by atoms with Crippen LogP contribution >= 0.6 is 0 Å². The van der Waals surface area contributed by atoms with Crippen LogP contribution in [0, 0.1) is 5.92 Å². The Bertz CT molecular complexity index is 218. The normalized spacial score (nSPS) is 38.2. The highest BCUT2D eigenvalue weighted by atomic mass is 28.4. The van der Waals surface area contributed by atoms with E-state index in [9.17, 15) is 5.11 Å². The van der Waals surface area contributed by atoms with Crippen LogP contribution in [0.1, 0.15) is 25.7 Å². The van der Waals surface area contributed by atoms with E-state index in [4.69, 9.17) is 9.16 Å². The molecule has 2 fully saturated rings. The van der Waals surface area contributed by atoms with Crippen molar-refractivity contribution in [3.8, 4) is 0 Å². The van der Waals surface area contributed by atoms with Crippen molar-refractivity contribution in [3.63, 3.8) is 0 Å². The predicted octanol–water partition coefficient (Wildman–Crippen LogP) is 1.70. The molecule has 0 aromatic rings. The first-order chi connectivity index (χ1) is 7.17. The van der Waals surface area contributed by atoms with Gasteiger partial charge in [-0.3, -0.25) is 0 Å². The molecule has 1 aliphatic heterocycles. The van der Waals surface area contributed by atoms with Crippen molar-refractivity contribution in [1.29, 1.82) is 0 Å². The van der Waals surface area contributed by atoms with E-state index in [0.29, 0.717) is 12.2 Å². The van der Waals surface area contributed by atoms with Crippen LogP contribution in [0.2, 0.25) is 12.6 Å². The zero-order chi connectivity index (χ0) is 10.9. The molecular formula is C11H22O3Si. The molecule has 4 heteroatoms. The van der Waals surface area contributed by atoms with Gasteiger partial charge in [-0.05, 0) is 37.8 Å². The number of epoxide rings is 1. The fraction of sp³-hybridized carbons (Fsp3) is 1.00. The molecule has 4 unspecified atom stereocenters. The summed E-state index contributed by atoms with van der Waals surface area (Å²) in [7, 11) is -0.0355. The number of aliphatic hydroxyl groups excluding tert-OH is 1. The lowest BCUT2D eigenvalue weighted by Crippen LogP contribution is -2.38. The number of ether oxygens (including phenoxy) is 1. The minimum absolute atomic E-state index is 0.249. The molecule has 0 radical (unpaired) electrons. The predicted molar refractivity (Wildman–Crippen MR) is 61.1 cm³/mol. The van der Waals surface area contributed by atoms with E-state index in [1.165, 1.54) is 25.7 Å². The van der Waals surface area contributed by atoms with Gasteiger partial charge < -0.3 is 14.3 Å². The standard InChI is InChI=1S/C11H22O3Si/c1-13-15(2,8-12)6-5-9-3-4-10-11(7-9)14-10/h9-12H,3-8H2,1-2H3. The Labute approximate surface area is 92.9 Å². The Balaban J connectivity index is 1.72. The van der Waals surface area contributed by atoms with Crippen LogP contribution < -0.4 is 0 Å². The molecule has 2 rings (SSSR count). The number of hydrogen-bond acceptors (Lipinski definition) is 3. The SMILES string of the molecule is CO[Si](C)(CO)CCC1CCC2OC2C1. The average Bonchev–Trinajstić information content (AvgIpc) is 3.04. The zero-order valence-corrected chi connectivity index (χ0v) is 10.7. The quantitative estimate of drug-likeness (QED) is 0.577. The summed E-state index contributed by atoms with van der Waals surface area (Å²) < 4.78 is 11.0. The summed E-state index contributed by atoms with van der Waals surface area (Å²) in [6, 6.07) is 1.09. The number of hydrogen-bond donors (Lipinski definition) is 1. The van der Waals surface area contributed by atoms with Gasteiger partial charge in [0.1, 0.15) is 0 Å². The van der Waals surface area contributed by atoms with E-state index < -0.39 is 8.32 Å². The first-order valence-electron chi connectivity index (χ1n) is 5.98. The van der Waals surface area contributed by atoms with Gasteiger partial charge in [-0.15, -0.1) is 0 Å². The van der Waals surface area contributed by atoms with Gasteiger partial charge in [0, 0.05) is 7.11 Å². The maximum Gasteiger partial charge on any atom is 0.214 e. The first-order valence-corrected chi connectivity index (χ1v) is 8.80. The fourth-order valence-corrected chi connectivity index (χ4v) is 4.01. The molecule has 2 aliphatic rings. The van der Waals surface area contributed by atoms with Crippen molar-refractivity contribution in [2.45, 2.75) is 50.5 Å². The second-order valence-electron chi connectivity index (χ2n) is 5.24. The van der Waals surface area contributed by atoms with Crippen LogP contribution in [0.5, 0.6) is 0 Å². The third-order valence-corrected chi connectivity index (χ3v) is 7.02. The van der Waals surface area contributed by atoms with Gasteiger partial charge in [0.2, 0.25) is 8.32 Å². The topological polar surface area (TPSA) is 42.0 Å². The number of aliphatic hydroxyl groups is 1. The van der Waals surface area contributed by atoms with Crippen LogP contribution in [-0.2, 0) is 9.16 Å². The third-order valence-electron chi connectivity index (χ3n) is 4.02. The second kappa shape index (κ2) is 4.53. The van der Waals surface area contributed by atoms with E-state index in [-0.39, 0.29) is 6.23 Å². The Kier molecular flexibility index (Phi) is 3.50. The summed E-state index contributed by atoms with van der Waals surface area (Å²) in [5.74, 6) is 0.808. The maximum atomic E-state index is 9.29. The average molecular weight is 230 g/mol. The van der Waals surface area contributed by atoms with Gasteiger partial charge in [-0.1, -0.05) is 6.42 Å². The Hall–Kier alpha value is 0.0969. The summed E-state index contributed by atoms with van der Waals surface area (Å²) in [6.45, 7) is 2.12. The zero-order valence-electron chi connectivity index (χ0n) is 9.74. The molecule has 4 atom stereocenters. The smallest absolute Gasteiger partial charge is 0.214 e. The van der Waals surface area contributed by atoms with Gasteiger partial charge in [-0.25, -0.2) is 0 Å². The van der Waals surface area contributed by atoms with Crippen molar-refractivity contribution >= 4 is 8.32 Å². The van der Waals surface area contributed by atoms with Gasteiger partial charge in [0.05, 0.1) is 18.4 Å².